The fourth-order valence-electron chi connectivity index (χ4n) is 1.74. The topological polar surface area (TPSA) is 0 Å². The maximum atomic E-state index is 5.47. The summed E-state index contributed by atoms with van der Waals surface area (Å²) < 4.78 is 0.979. The molecule has 0 radical (unpaired) electrons. The first kappa shape index (κ1) is 12.3. The summed E-state index contributed by atoms with van der Waals surface area (Å²) in [4.78, 5) is 0. The van der Waals surface area contributed by atoms with Gasteiger partial charge in [-0.3, -0.25) is 0 Å². The predicted octanol–water partition coefficient (Wildman–Crippen LogP) is 4.78. The van der Waals surface area contributed by atoms with Crippen molar-refractivity contribution >= 4 is 28.2 Å². The Balaban J connectivity index is 2.45. The van der Waals surface area contributed by atoms with Gasteiger partial charge < -0.3 is 0 Å². The lowest BCUT2D eigenvalue weighted by Crippen LogP contribution is -1.95. The van der Waals surface area contributed by atoms with Crippen molar-refractivity contribution in [3.63, 3.8) is 0 Å². The maximum absolute atomic E-state index is 5.47. The summed E-state index contributed by atoms with van der Waals surface area (Å²) in [6.07, 6.45) is 0. The Morgan fingerprint density at radius 3 is 2.35 bits per heavy atom. The van der Waals surface area contributed by atoms with Gasteiger partial charge in [0.15, 0.2) is 0 Å². The third kappa shape index (κ3) is 2.96. The molecular weight excluding hydrogens is 244 g/mol. The molecule has 0 N–H and O–H groups in total. The van der Waals surface area contributed by atoms with E-state index in [-0.39, 0.29) is 0 Å². The van der Waals surface area contributed by atoms with Crippen molar-refractivity contribution in [3.8, 4) is 11.1 Å². The number of hydrogen-bond acceptors (Lipinski definition) is 2. The van der Waals surface area contributed by atoms with Crippen LogP contribution in [0.25, 0.3) is 11.1 Å². The van der Waals surface area contributed by atoms with E-state index in [9.17, 15) is 0 Å². The summed E-state index contributed by atoms with van der Waals surface area (Å²) in [5.74, 6) is 1.02. The Kier molecular flexibility index (Phi) is 4.35. The molecule has 0 fully saturated rings. The highest BCUT2D eigenvalue weighted by atomic mass is 32.2. The van der Waals surface area contributed by atoms with E-state index in [1.165, 1.54) is 16.7 Å². The van der Waals surface area contributed by atoms with E-state index in [0.29, 0.717) is 0 Å². The van der Waals surface area contributed by atoms with E-state index in [1.807, 2.05) is 12.1 Å². The van der Waals surface area contributed by atoms with E-state index >= 15 is 0 Å². The number of hydrogen-bond donors (Lipinski definition) is 0. The van der Waals surface area contributed by atoms with E-state index in [4.69, 9.17) is 12.2 Å². The molecule has 0 unspecified atom stereocenters. The monoisotopic (exact) mass is 258 g/mol. The summed E-state index contributed by atoms with van der Waals surface area (Å²) in [5, 5.41) is 0. The van der Waals surface area contributed by atoms with Crippen LogP contribution in [0.15, 0.2) is 54.6 Å². The van der Waals surface area contributed by atoms with Gasteiger partial charge in [-0.1, -0.05) is 73.7 Å². The van der Waals surface area contributed by atoms with E-state index in [0.717, 1.165) is 9.95 Å². The van der Waals surface area contributed by atoms with Crippen molar-refractivity contribution < 1.29 is 0 Å². The quantitative estimate of drug-likeness (QED) is 0.726. The van der Waals surface area contributed by atoms with Crippen molar-refractivity contribution in [2.75, 3.05) is 5.75 Å². The minimum Gasteiger partial charge on any atom is -0.114 e. The Labute approximate surface area is 112 Å². The molecule has 0 aliphatic heterocycles. The van der Waals surface area contributed by atoms with Crippen LogP contribution in [-0.4, -0.2) is 9.95 Å². The van der Waals surface area contributed by atoms with Crippen LogP contribution in [0.2, 0.25) is 0 Å². The first-order valence-corrected chi connectivity index (χ1v) is 7.04. The van der Waals surface area contributed by atoms with Crippen molar-refractivity contribution in [2.45, 2.75) is 6.92 Å². The molecule has 2 aromatic carbocycles. The fourth-order valence-corrected chi connectivity index (χ4v) is 2.87. The SMILES string of the molecule is CCSC(=S)c1ccccc1-c1ccccc1. The van der Waals surface area contributed by atoms with Gasteiger partial charge in [-0.25, -0.2) is 0 Å². The van der Waals surface area contributed by atoms with Gasteiger partial charge in [0, 0.05) is 5.56 Å². The van der Waals surface area contributed by atoms with Crippen LogP contribution in [0.4, 0.5) is 0 Å². The molecule has 0 amide bonds. The Bertz CT molecular complexity index is 503. The molecule has 0 atom stereocenters. The zero-order valence-electron chi connectivity index (χ0n) is 9.72. The number of rotatable bonds is 3. The van der Waals surface area contributed by atoms with Crippen LogP contribution in [0.3, 0.4) is 0 Å². The van der Waals surface area contributed by atoms with Gasteiger partial charge in [0.25, 0.3) is 0 Å². The second-order valence-electron chi connectivity index (χ2n) is 3.63. The molecule has 0 saturated carbocycles. The molecular formula is C15H14S2. The predicted molar refractivity (Wildman–Crippen MR) is 81.7 cm³/mol. The van der Waals surface area contributed by atoms with Crippen LogP contribution in [0, 0.1) is 0 Å². The Hall–Kier alpha value is -1.12. The van der Waals surface area contributed by atoms with E-state index < -0.39 is 0 Å². The first-order valence-electron chi connectivity index (χ1n) is 5.64. The van der Waals surface area contributed by atoms with Gasteiger partial charge >= 0.3 is 0 Å². The highest BCUT2D eigenvalue weighted by Gasteiger charge is 2.08. The van der Waals surface area contributed by atoms with Crippen molar-refractivity contribution in [1.29, 1.82) is 0 Å². The number of thioether (sulfide) groups is 1. The van der Waals surface area contributed by atoms with Crippen LogP contribution >= 0.6 is 24.0 Å². The van der Waals surface area contributed by atoms with Crippen LogP contribution in [0.5, 0.6) is 0 Å². The van der Waals surface area contributed by atoms with Crippen molar-refractivity contribution in [1.82, 2.24) is 0 Å². The molecule has 0 heterocycles. The normalized spacial score (nSPS) is 10.2. The molecule has 0 aromatic heterocycles. The molecule has 0 aliphatic rings. The average Bonchev–Trinajstić information content (AvgIpc) is 2.40. The molecule has 2 aromatic rings. The summed E-state index contributed by atoms with van der Waals surface area (Å²) in [7, 11) is 0. The average molecular weight is 258 g/mol. The fraction of sp³-hybridized carbons (Fsp3) is 0.133. The lowest BCUT2D eigenvalue weighted by molar-refractivity contribution is 1.54. The molecule has 0 spiro atoms. The lowest BCUT2D eigenvalue weighted by atomic mass is 10.0. The highest BCUT2D eigenvalue weighted by Crippen LogP contribution is 2.27. The van der Waals surface area contributed by atoms with Gasteiger partial charge in [-0.2, -0.15) is 0 Å². The first-order chi connectivity index (χ1) is 8.33. The minimum atomic E-state index is 0.979. The third-order valence-electron chi connectivity index (χ3n) is 2.51. The zero-order valence-corrected chi connectivity index (χ0v) is 11.4. The van der Waals surface area contributed by atoms with Gasteiger partial charge in [0.2, 0.25) is 0 Å². The van der Waals surface area contributed by atoms with E-state index in [2.05, 4.69) is 49.4 Å². The maximum Gasteiger partial charge on any atom is 0.0784 e. The second-order valence-corrected chi connectivity index (χ2v) is 5.57. The van der Waals surface area contributed by atoms with E-state index in [1.54, 1.807) is 11.8 Å². The molecule has 0 saturated heterocycles. The minimum absolute atomic E-state index is 0.979. The lowest BCUT2D eigenvalue weighted by Gasteiger charge is -2.09. The molecule has 17 heavy (non-hydrogen) atoms. The summed E-state index contributed by atoms with van der Waals surface area (Å²) in [6.45, 7) is 2.13. The highest BCUT2D eigenvalue weighted by molar-refractivity contribution is 8.23. The molecule has 0 aliphatic carbocycles. The standard InChI is InChI=1S/C15H14S2/c1-2-17-15(16)14-11-7-6-10-13(14)12-8-4-3-5-9-12/h3-11H,2H2,1H3. The number of thiocarbonyl (C=S) groups is 1. The Morgan fingerprint density at radius 2 is 1.65 bits per heavy atom. The van der Waals surface area contributed by atoms with Crippen LogP contribution < -0.4 is 0 Å². The molecule has 2 rings (SSSR count). The molecule has 2 heteroatoms. The molecule has 86 valence electrons. The largest absolute Gasteiger partial charge is 0.114 e. The van der Waals surface area contributed by atoms with Crippen LogP contribution in [-0.2, 0) is 0 Å². The smallest absolute Gasteiger partial charge is 0.0784 e. The summed E-state index contributed by atoms with van der Waals surface area (Å²) in [6, 6.07) is 18.7. The summed E-state index contributed by atoms with van der Waals surface area (Å²) >= 11 is 7.19. The summed E-state index contributed by atoms with van der Waals surface area (Å²) in [5.41, 5.74) is 3.61. The van der Waals surface area contributed by atoms with Crippen LogP contribution in [0.1, 0.15) is 12.5 Å². The molecule has 0 nitrogen and oxygen atoms in total. The second kappa shape index (κ2) is 5.99. The van der Waals surface area contributed by atoms with Crippen molar-refractivity contribution in [3.05, 3.63) is 60.2 Å². The van der Waals surface area contributed by atoms with Gasteiger partial charge in [0.1, 0.15) is 0 Å². The Morgan fingerprint density at radius 1 is 1.00 bits per heavy atom. The van der Waals surface area contributed by atoms with Gasteiger partial charge in [-0.15, -0.1) is 11.8 Å². The van der Waals surface area contributed by atoms with Gasteiger partial charge in [-0.05, 0) is 16.9 Å². The van der Waals surface area contributed by atoms with Crippen molar-refractivity contribution in [2.24, 2.45) is 0 Å². The molecule has 0 bridgehead atoms. The third-order valence-corrected chi connectivity index (χ3v) is 3.85. The zero-order chi connectivity index (χ0) is 12.1. The van der Waals surface area contributed by atoms with Gasteiger partial charge in [0.05, 0.1) is 4.20 Å². The number of benzene rings is 2.